The quantitative estimate of drug-likeness (QED) is 0.236. The SMILES string of the molecule is CC(=O)O[C@@H](C(=O)O[C@@H]1CCN(C(=O)OC(C)(C)C)CC1N=[N+]=[N-])c1ccccc1. The van der Waals surface area contributed by atoms with Crippen molar-refractivity contribution in [2.75, 3.05) is 13.1 Å². The molecular weight excluding hydrogens is 392 g/mol. The minimum absolute atomic E-state index is 0.0422. The van der Waals surface area contributed by atoms with Crippen LogP contribution in [-0.4, -0.2) is 53.8 Å². The van der Waals surface area contributed by atoms with E-state index in [1.54, 1.807) is 51.1 Å². The van der Waals surface area contributed by atoms with E-state index < -0.39 is 41.9 Å². The molecule has 0 bridgehead atoms. The van der Waals surface area contributed by atoms with Crippen molar-refractivity contribution in [2.45, 2.75) is 58.0 Å². The molecule has 1 aromatic carbocycles. The number of ether oxygens (including phenoxy) is 3. The highest BCUT2D eigenvalue weighted by Crippen LogP contribution is 2.25. The van der Waals surface area contributed by atoms with E-state index >= 15 is 0 Å². The lowest BCUT2D eigenvalue weighted by molar-refractivity contribution is -0.173. The molecule has 0 spiro atoms. The average Bonchev–Trinajstić information content (AvgIpc) is 2.66. The summed E-state index contributed by atoms with van der Waals surface area (Å²) in [7, 11) is 0. The lowest BCUT2D eigenvalue weighted by atomic mass is 10.0. The summed E-state index contributed by atoms with van der Waals surface area (Å²) in [4.78, 5) is 40.8. The van der Waals surface area contributed by atoms with E-state index in [2.05, 4.69) is 10.0 Å². The maximum atomic E-state index is 12.8. The summed E-state index contributed by atoms with van der Waals surface area (Å²) in [6.07, 6.45) is -2.29. The number of hydrogen-bond donors (Lipinski definition) is 0. The molecule has 1 aliphatic heterocycles. The third kappa shape index (κ3) is 6.66. The fourth-order valence-electron chi connectivity index (χ4n) is 2.97. The lowest BCUT2D eigenvalue weighted by Gasteiger charge is -2.37. The van der Waals surface area contributed by atoms with Crippen molar-refractivity contribution in [2.24, 2.45) is 5.11 Å². The highest BCUT2D eigenvalue weighted by Gasteiger charge is 2.37. The Bertz CT molecular complexity index is 816. The molecule has 3 atom stereocenters. The Kier molecular flexibility index (Phi) is 7.66. The van der Waals surface area contributed by atoms with Gasteiger partial charge in [-0.3, -0.25) is 4.79 Å². The molecule has 0 aromatic heterocycles. The molecule has 10 nitrogen and oxygen atoms in total. The van der Waals surface area contributed by atoms with Crippen LogP contribution in [0, 0.1) is 0 Å². The third-order valence-corrected chi connectivity index (χ3v) is 4.24. The molecule has 162 valence electrons. The van der Waals surface area contributed by atoms with Crippen LogP contribution in [0.2, 0.25) is 0 Å². The van der Waals surface area contributed by atoms with Gasteiger partial charge in [-0.25, -0.2) is 9.59 Å². The molecule has 0 saturated carbocycles. The van der Waals surface area contributed by atoms with Crippen molar-refractivity contribution in [3.8, 4) is 0 Å². The average molecular weight is 418 g/mol. The number of likely N-dealkylation sites (tertiary alicyclic amines) is 1. The predicted molar refractivity (Wildman–Crippen MR) is 106 cm³/mol. The molecule has 1 unspecified atom stereocenters. The molecule has 10 heteroatoms. The Labute approximate surface area is 174 Å². The number of amides is 1. The number of piperidine rings is 1. The molecule has 1 heterocycles. The van der Waals surface area contributed by atoms with Gasteiger partial charge >= 0.3 is 18.0 Å². The molecule has 0 radical (unpaired) electrons. The van der Waals surface area contributed by atoms with Gasteiger partial charge in [0.05, 0.1) is 6.04 Å². The van der Waals surface area contributed by atoms with Crippen LogP contribution in [0.15, 0.2) is 35.4 Å². The largest absolute Gasteiger partial charge is 0.459 e. The van der Waals surface area contributed by atoms with Gasteiger partial charge in [-0.05, 0) is 26.3 Å². The fraction of sp³-hybridized carbons (Fsp3) is 0.550. The highest BCUT2D eigenvalue weighted by atomic mass is 16.6. The second-order valence-electron chi connectivity index (χ2n) is 7.86. The number of rotatable bonds is 5. The Morgan fingerprint density at radius 2 is 1.90 bits per heavy atom. The first-order valence-corrected chi connectivity index (χ1v) is 9.55. The molecule has 1 aromatic rings. The second kappa shape index (κ2) is 9.98. The van der Waals surface area contributed by atoms with Crippen LogP contribution in [0.5, 0.6) is 0 Å². The standard InChI is InChI=1S/C20H26N4O6/c1-13(25)28-17(14-8-6-5-7-9-14)18(26)29-16-10-11-24(12-15(16)22-23-21)19(27)30-20(2,3)4/h5-9,15-17H,10-12H2,1-4H3/t15?,16-,17-/m1/s1. The van der Waals surface area contributed by atoms with Crippen LogP contribution in [0.25, 0.3) is 10.4 Å². The van der Waals surface area contributed by atoms with Crippen LogP contribution in [0.3, 0.4) is 0 Å². The summed E-state index contributed by atoms with van der Waals surface area (Å²) in [5.41, 5.74) is 8.70. The zero-order valence-electron chi connectivity index (χ0n) is 17.5. The number of azide groups is 1. The third-order valence-electron chi connectivity index (χ3n) is 4.24. The minimum Gasteiger partial charge on any atom is -0.459 e. The Morgan fingerprint density at radius 1 is 1.23 bits per heavy atom. The number of hydrogen-bond acceptors (Lipinski definition) is 7. The van der Waals surface area contributed by atoms with Crippen molar-refractivity contribution in [1.29, 1.82) is 0 Å². The van der Waals surface area contributed by atoms with Crippen LogP contribution in [-0.2, 0) is 23.8 Å². The van der Waals surface area contributed by atoms with E-state index in [1.165, 1.54) is 11.8 Å². The molecule has 0 N–H and O–H groups in total. The van der Waals surface area contributed by atoms with Gasteiger partial charge in [0, 0.05) is 36.9 Å². The van der Waals surface area contributed by atoms with Crippen LogP contribution in [0.1, 0.15) is 45.8 Å². The smallest absolute Gasteiger partial charge is 0.410 e. The Morgan fingerprint density at radius 3 is 2.47 bits per heavy atom. The molecule has 30 heavy (non-hydrogen) atoms. The maximum Gasteiger partial charge on any atom is 0.410 e. The number of esters is 2. The van der Waals surface area contributed by atoms with Crippen molar-refractivity contribution in [3.63, 3.8) is 0 Å². The first-order valence-electron chi connectivity index (χ1n) is 9.55. The van der Waals surface area contributed by atoms with Gasteiger partial charge in [0.25, 0.3) is 0 Å². The lowest BCUT2D eigenvalue weighted by Crippen LogP contribution is -2.51. The summed E-state index contributed by atoms with van der Waals surface area (Å²) in [5, 5.41) is 3.69. The van der Waals surface area contributed by atoms with Gasteiger partial charge in [-0.2, -0.15) is 0 Å². The topological polar surface area (TPSA) is 131 Å². The Balaban J connectivity index is 2.12. The van der Waals surface area contributed by atoms with E-state index in [0.717, 1.165) is 0 Å². The van der Waals surface area contributed by atoms with E-state index in [1.807, 2.05) is 0 Å². The molecule has 1 aliphatic rings. The zero-order valence-corrected chi connectivity index (χ0v) is 17.5. The zero-order chi connectivity index (χ0) is 22.3. The van der Waals surface area contributed by atoms with E-state index in [9.17, 15) is 14.4 Å². The monoisotopic (exact) mass is 418 g/mol. The number of carbonyl (C=O) groups is 3. The van der Waals surface area contributed by atoms with E-state index in [0.29, 0.717) is 5.56 Å². The molecule has 1 saturated heterocycles. The first-order chi connectivity index (χ1) is 14.1. The van der Waals surface area contributed by atoms with E-state index in [4.69, 9.17) is 19.7 Å². The summed E-state index contributed by atoms with van der Waals surface area (Å²) < 4.78 is 16.0. The van der Waals surface area contributed by atoms with Gasteiger partial charge in [-0.1, -0.05) is 35.4 Å². The second-order valence-corrected chi connectivity index (χ2v) is 7.86. The molecule has 0 aliphatic carbocycles. The number of nitrogens with zero attached hydrogens (tertiary/aromatic N) is 4. The van der Waals surface area contributed by atoms with Crippen molar-refractivity contribution >= 4 is 18.0 Å². The normalized spacial score (nSPS) is 19.8. The van der Waals surface area contributed by atoms with E-state index in [-0.39, 0.29) is 19.5 Å². The molecule has 2 rings (SSSR count). The van der Waals surface area contributed by atoms with Crippen molar-refractivity contribution in [3.05, 3.63) is 46.3 Å². The van der Waals surface area contributed by atoms with Crippen molar-refractivity contribution in [1.82, 2.24) is 4.90 Å². The van der Waals surface area contributed by atoms with Gasteiger partial charge in [-0.15, -0.1) is 0 Å². The summed E-state index contributed by atoms with van der Waals surface area (Å²) in [6.45, 7) is 6.76. The summed E-state index contributed by atoms with van der Waals surface area (Å²) in [6, 6.07) is 7.68. The van der Waals surface area contributed by atoms with Crippen LogP contribution >= 0.6 is 0 Å². The van der Waals surface area contributed by atoms with Gasteiger partial charge in [0.2, 0.25) is 6.10 Å². The van der Waals surface area contributed by atoms with Crippen molar-refractivity contribution < 1.29 is 28.6 Å². The fourth-order valence-corrected chi connectivity index (χ4v) is 2.97. The summed E-state index contributed by atoms with van der Waals surface area (Å²) >= 11 is 0. The summed E-state index contributed by atoms with van der Waals surface area (Å²) in [5.74, 6) is -1.41. The molecule has 1 amide bonds. The predicted octanol–water partition coefficient (Wildman–Crippen LogP) is 3.52. The van der Waals surface area contributed by atoms with Gasteiger partial charge in [0.1, 0.15) is 11.7 Å². The number of benzene rings is 1. The van der Waals surface area contributed by atoms with Crippen LogP contribution < -0.4 is 0 Å². The Hall–Kier alpha value is -3.26. The van der Waals surface area contributed by atoms with Gasteiger partial charge in [0.15, 0.2) is 0 Å². The maximum absolute atomic E-state index is 12.8. The first kappa shape index (κ1) is 23.0. The van der Waals surface area contributed by atoms with Crippen LogP contribution in [0.4, 0.5) is 4.79 Å². The highest BCUT2D eigenvalue weighted by molar-refractivity contribution is 5.80. The molecule has 1 fully saturated rings. The number of carbonyl (C=O) groups excluding carboxylic acids is 3. The molecular formula is C20H26N4O6. The van der Waals surface area contributed by atoms with Gasteiger partial charge < -0.3 is 19.1 Å². The minimum atomic E-state index is -1.24.